The highest BCUT2D eigenvalue weighted by Gasteiger charge is 2.15. The number of nitrogens with zero attached hydrogens (tertiary/aromatic N) is 1. The highest BCUT2D eigenvalue weighted by Crippen LogP contribution is 2.31. The van der Waals surface area contributed by atoms with Gasteiger partial charge >= 0.3 is 0 Å². The minimum absolute atomic E-state index is 0.309. The van der Waals surface area contributed by atoms with Crippen LogP contribution in [0.2, 0.25) is 5.02 Å². The van der Waals surface area contributed by atoms with Crippen molar-refractivity contribution in [3.63, 3.8) is 0 Å². The predicted molar refractivity (Wildman–Crippen MR) is 71.6 cm³/mol. The molecule has 2 rings (SSSR count). The minimum Gasteiger partial charge on any atom is -0.381 e. The minimum atomic E-state index is 0.309. The fourth-order valence-corrected chi connectivity index (χ4v) is 1.96. The summed E-state index contributed by atoms with van der Waals surface area (Å²) < 4.78 is 10.4. The molecule has 0 bridgehead atoms. The van der Waals surface area contributed by atoms with Gasteiger partial charge in [0.2, 0.25) is 5.88 Å². The van der Waals surface area contributed by atoms with Gasteiger partial charge in [0.05, 0.1) is 17.9 Å². The predicted octanol–water partition coefficient (Wildman–Crippen LogP) is 3.16. The lowest BCUT2D eigenvalue weighted by Gasteiger charge is -2.03. The number of anilines is 1. The van der Waals surface area contributed by atoms with Crippen LogP contribution >= 0.6 is 11.6 Å². The van der Waals surface area contributed by atoms with Gasteiger partial charge in [-0.05, 0) is 24.6 Å². The van der Waals surface area contributed by atoms with Crippen molar-refractivity contribution in [2.24, 2.45) is 0 Å². The Hall–Kier alpha value is -1.52. The van der Waals surface area contributed by atoms with Gasteiger partial charge in [0.15, 0.2) is 0 Å². The molecule has 0 aliphatic heterocycles. The summed E-state index contributed by atoms with van der Waals surface area (Å²) in [6.45, 7) is 3.23. The largest absolute Gasteiger partial charge is 0.381 e. The number of aromatic nitrogens is 1. The highest BCUT2D eigenvalue weighted by atomic mass is 35.5. The molecule has 1 aromatic heterocycles. The first-order chi connectivity index (χ1) is 8.72. The smallest absolute Gasteiger partial charge is 0.230 e. The Kier molecular flexibility index (Phi) is 4.23. The third-order valence-corrected chi connectivity index (χ3v) is 2.82. The Morgan fingerprint density at radius 1 is 1.44 bits per heavy atom. The maximum Gasteiger partial charge on any atom is 0.230 e. The van der Waals surface area contributed by atoms with Crippen molar-refractivity contribution < 1.29 is 9.26 Å². The van der Waals surface area contributed by atoms with Crippen LogP contribution in [0.5, 0.6) is 0 Å². The zero-order chi connectivity index (χ0) is 13.0. The molecule has 0 aliphatic carbocycles. The summed E-state index contributed by atoms with van der Waals surface area (Å²) in [5, 5.41) is 4.63. The fourth-order valence-electron chi connectivity index (χ4n) is 1.77. The average molecular weight is 267 g/mol. The van der Waals surface area contributed by atoms with E-state index in [0.717, 1.165) is 16.8 Å². The van der Waals surface area contributed by atoms with E-state index in [1.165, 1.54) is 0 Å². The van der Waals surface area contributed by atoms with Crippen LogP contribution < -0.4 is 5.73 Å². The number of rotatable bonds is 5. The van der Waals surface area contributed by atoms with Gasteiger partial charge in [-0.3, -0.25) is 0 Å². The molecule has 18 heavy (non-hydrogen) atoms. The standard InChI is InChI=1S/C13H15ClN2O2/c1-2-17-7-6-11-12(13(15)18-16-11)9-4-3-5-10(14)8-9/h3-5,8H,2,6-7,15H2,1H3. The zero-order valence-corrected chi connectivity index (χ0v) is 10.9. The lowest BCUT2D eigenvalue weighted by atomic mass is 10.0. The third kappa shape index (κ3) is 2.83. The normalized spacial score (nSPS) is 10.8. The van der Waals surface area contributed by atoms with Gasteiger partial charge in [-0.1, -0.05) is 28.9 Å². The monoisotopic (exact) mass is 266 g/mol. The van der Waals surface area contributed by atoms with E-state index in [9.17, 15) is 0 Å². The molecule has 0 saturated carbocycles. The quantitative estimate of drug-likeness (QED) is 0.845. The summed E-state index contributed by atoms with van der Waals surface area (Å²) in [5.41, 5.74) is 8.32. The first-order valence-electron chi connectivity index (χ1n) is 5.80. The number of nitrogen functional groups attached to an aromatic ring is 1. The molecule has 0 atom stereocenters. The molecule has 4 nitrogen and oxygen atoms in total. The molecule has 0 amide bonds. The molecular weight excluding hydrogens is 252 g/mol. The second kappa shape index (κ2) is 5.89. The Bertz CT molecular complexity index is 525. The van der Waals surface area contributed by atoms with Gasteiger partial charge in [0.1, 0.15) is 0 Å². The number of hydrogen-bond acceptors (Lipinski definition) is 4. The van der Waals surface area contributed by atoms with Gasteiger partial charge in [-0.25, -0.2) is 0 Å². The molecule has 0 radical (unpaired) electrons. The van der Waals surface area contributed by atoms with Gasteiger partial charge in [0, 0.05) is 18.1 Å². The van der Waals surface area contributed by atoms with Crippen LogP contribution in [0.4, 0.5) is 5.88 Å². The van der Waals surface area contributed by atoms with Crippen LogP contribution in [-0.2, 0) is 11.2 Å². The van der Waals surface area contributed by atoms with Gasteiger partial charge < -0.3 is 15.0 Å². The number of hydrogen-bond donors (Lipinski definition) is 1. The Morgan fingerprint density at radius 3 is 3.00 bits per heavy atom. The Labute approximate surface area is 111 Å². The Balaban J connectivity index is 2.29. The third-order valence-electron chi connectivity index (χ3n) is 2.59. The van der Waals surface area contributed by atoms with E-state index < -0.39 is 0 Å². The van der Waals surface area contributed by atoms with Crippen molar-refractivity contribution in [3.05, 3.63) is 35.0 Å². The summed E-state index contributed by atoms with van der Waals surface area (Å²) in [7, 11) is 0. The first kappa shape index (κ1) is 12.9. The van der Waals surface area contributed by atoms with Crippen molar-refractivity contribution in [2.75, 3.05) is 18.9 Å². The molecule has 0 saturated heterocycles. The molecule has 0 spiro atoms. The first-order valence-corrected chi connectivity index (χ1v) is 6.18. The second-order valence-electron chi connectivity index (χ2n) is 3.83. The molecule has 2 N–H and O–H groups in total. The van der Waals surface area contributed by atoms with E-state index in [0.29, 0.717) is 30.5 Å². The maximum atomic E-state index is 5.98. The van der Waals surface area contributed by atoms with Crippen molar-refractivity contribution in [1.29, 1.82) is 0 Å². The summed E-state index contributed by atoms with van der Waals surface area (Å²) in [6.07, 6.45) is 0.663. The number of benzene rings is 1. The van der Waals surface area contributed by atoms with E-state index >= 15 is 0 Å². The lowest BCUT2D eigenvalue weighted by Crippen LogP contribution is -2.00. The topological polar surface area (TPSA) is 61.3 Å². The molecule has 96 valence electrons. The van der Waals surface area contributed by atoms with Crippen molar-refractivity contribution >= 4 is 17.5 Å². The van der Waals surface area contributed by atoms with Gasteiger partial charge in [-0.15, -0.1) is 0 Å². The van der Waals surface area contributed by atoms with E-state index in [2.05, 4.69) is 5.16 Å². The lowest BCUT2D eigenvalue weighted by molar-refractivity contribution is 0.149. The summed E-state index contributed by atoms with van der Waals surface area (Å²) in [4.78, 5) is 0. The molecule has 0 fully saturated rings. The molecule has 0 unspecified atom stereocenters. The van der Waals surface area contributed by atoms with E-state index in [4.69, 9.17) is 26.6 Å². The number of ether oxygens (including phenoxy) is 1. The summed E-state index contributed by atoms with van der Waals surface area (Å²) in [6, 6.07) is 7.46. The molecule has 2 aromatic rings. The summed E-state index contributed by atoms with van der Waals surface area (Å²) in [5.74, 6) is 0.309. The molecular formula is C13H15ClN2O2. The SMILES string of the molecule is CCOCCc1noc(N)c1-c1cccc(Cl)c1. The zero-order valence-electron chi connectivity index (χ0n) is 10.1. The van der Waals surface area contributed by atoms with Crippen LogP contribution in [0.15, 0.2) is 28.8 Å². The van der Waals surface area contributed by atoms with Gasteiger partial charge in [0.25, 0.3) is 0 Å². The number of halogens is 1. The highest BCUT2D eigenvalue weighted by molar-refractivity contribution is 6.30. The van der Waals surface area contributed by atoms with Crippen LogP contribution in [0.3, 0.4) is 0 Å². The molecule has 5 heteroatoms. The van der Waals surface area contributed by atoms with Crippen molar-refractivity contribution in [3.8, 4) is 11.1 Å². The van der Waals surface area contributed by atoms with Crippen LogP contribution in [-0.4, -0.2) is 18.4 Å². The molecule has 1 heterocycles. The van der Waals surface area contributed by atoms with E-state index in [-0.39, 0.29) is 0 Å². The van der Waals surface area contributed by atoms with Crippen LogP contribution in [0.25, 0.3) is 11.1 Å². The second-order valence-corrected chi connectivity index (χ2v) is 4.26. The van der Waals surface area contributed by atoms with Crippen LogP contribution in [0.1, 0.15) is 12.6 Å². The molecule has 0 aliphatic rings. The maximum absolute atomic E-state index is 5.98. The van der Waals surface area contributed by atoms with E-state index in [1.807, 2.05) is 31.2 Å². The Morgan fingerprint density at radius 2 is 2.28 bits per heavy atom. The van der Waals surface area contributed by atoms with Crippen LogP contribution in [0, 0.1) is 0 Å². The average Bonchev–Trinajstić information content (AvgIpc) is 2.71. The number of nitrogens with two attached hydrogens (primary N) is 1. The van der Waals surface area contributed by atoms with Gasteiger partial charge in [-0.2, -0.15) is 0 Å². The van der Waals surface area contributed by atoms with Crippen molar-refractivity contribution in [2.45, 2.75) is 13.3 Å². The van der Waals surface area contributed by atoms with E-state index in [1.54, 1.807) is 0 Å². The summed E-state index contributed by atoms with van der Waals surface area (Å²) >= 11 is 5.98. The fraction of sp³-hybridized carbons (Fsp3) is 0.308. The molecule has 1 aromatic carbocycles. The van der Waals surface area contributed by atoms with Crippen molar-refractivity contribution in [1.82, 2.24) is 5.16 Å².